The van der Waals surface area contributed by atoms with Crippen LogP contribution in [0.1, 0.15) is 38.7 Å². The maximum Gasteiger partial charge on any atom is 0.326 e. The summed E-state index contributed by atoms with van der Waals surface area (Å²) in [6.07, 6.45) is 0.663. The third-order valence-corrected chi connectivity index (χ3v) is 3.53. The van der Waals surface area contributed by atoms with Gasteiger partial charge in [0.15, 0.2) is 5.41 Å². The average molecular weight is 275 g/mol. The Morgan fingerprint density at radius 3 is 2.65 bits per heavy atom. The molecule has 0 saturated heterocycles. The van der Waals surface area contributed by atoms with Crippen LogP contribution in [0, 0.1) is 16.7 Å². The summed E-state index contributed by atoms with van der Waals surface area (Å²) in [5.74, 6) is 0.00363. The van der Waals surface area contributed by atoms with Crippen LogP contribution in [0.3, 0.4) is 0 Å². The van der Waals surface area contributed by atoms with Gasteiger partial charge < -0.3 is 9.47 Å². The predicted molar refractivity (Wildman–Crippen MR) is 76.4 cm³/mol. The molecule has 0 heterocycles. The Hall–Kier alpha value is -2.02. The number of carbonyl (C=O) groups is 1. The van der Waals surface area contributed by atoms with E-state index >= 15 is 0 Å². The Morgan fingerprint density at radius 2 is 2.15 bits per heavy atom. The maximum absolute atomic E-state index is 12.1. The van der Waals surface area contributed by atoms with Crippen molar-refractivity contribution in [3.05, 3.63) is 29.8 Å². The number of benzene rings is 1. The SMILES string of the molecule is CCOC(=O)C(C)(C#N)C(CC)c1cccc(OC)c1. The molecule has 108 valence electrons. The highest BCUT2D eigenvalue weighted by Crippen LogP contribution is 2.40. The van der Waals surface area contributed by atoms with Crippen molar-refractivity contribution in [2.24, 2.45) is 5.41 Å². The van der Waals surface area contributed by atoms with Crippen LogP contribution in [0.4, 0.5) is 0 Å². The van der Waals surface area contributed by atoms with Crippen LogP contribution in [0.25, 0.3) is 0 Å². The zero-order valence-electron chi connectivity index (χ0n) is 12.5. The van der Waals surface area contributed by atoms with E-state index < -0.39 is 11.4 Å². The van der Waals surface area contributed by atoms with Gasteiger partial charge in [-0.05, 0) is 38.0 Å². The quantitative estimate of drug-likeness (QED) is 0.747. The molecule has 0 aliphatic carbocycles. The highest BCUT2D eigenvalue weighted by atomic mass is 16.5. The smallest absolute Gasteiger partial charge is 0.326 e. The first kappa shape index (κ1) is 16.0. The highest BCUT2D eigenvalue weighted by molar-refractivity contribution is 5.81. The Balaban J connectivity index is 3.21. The van der Waals surface area contributed by atoms with Gasteiger partial charge in [0.2, 0.25) is 0 Å². The van der Waals surface area contributed by atoms with E-state index in [0.29, 0.717) is 12.2 Å². The van der Waals surface area contributed by atoms with E-state index in [1.807, 2.05) is 31.2 Å². The minimum Gasteiger partial charge on any atom is -0.497 e. The number of hydrogen-bond acceptors (Lipinski definition) is 4. The molecule has 20 heavy (non-hydrogen) atoms. The van der Waals surface area contributed by atoms with Gasteiger partial charge in [-0.3, -0.25) is 4.79 Å². The average Bonchev–Trinajstić information content (AvgIpc) is 2.48. The fourth-order valence-corrected chi connectivity index (χ4v) is 2.38. The van der Waals surface area contributed by atoms with Crippen molar-refractivity contribution in [2.75, 3.05) is 13.7 Å². The van der Waals surface area contributed by atoms with Crippen molar-refractivity contribution < 1.29 is 14.3 Å². The molecular weight excluding hydrogens is 254 g/mol. The van der Waals surface area contributed by atoms with Gasteiger partial charge in [-0.15, -0.1) is 0 Å². The van der Waals surface area contributed by atoms with Crippen molar-refractivity contribution >= 4 is 5.97 Å². The molecule has 0 spiro atoms. The summed E-state index contributed by atoms with van der Waals surface area (Å²) in [5.41, 5.74) is -0.291. The number of rotatable bonds is 6. The van der Waals surface area contributed by atoms with Gasteiger partial charge in [0, 0.05) is 5.92 Å². The number of nitrogens with zero attached hydrogens (tertiary/aromatic N) is 1. The molecule has 4 nitrogen and oxygen atoms in total. The van der Waals surface area contributed by atoms with E-state index in [2.05, 4.69) is 6.07 Å². The van der Waals surface area contributed by atoms with Crippen LogP contribution in [0.15, 0.2) is 24.3 Å². The summed E-state index contributed by atoms with van der Waals surface area (Å²) in [6, 6.07) is 9.61. The van der Waals surface area contributed by atoms with Gasteiger partial charge in [0.05, 0.1) is 19.8 Å². The van der Waals surface area contributed by atoms with Gasteiger partial charge in [-0.2, -0.15) is 5.26 Å². The van der Waals surface area contributed by atoms with E-state index in [4.69, 9.17) is 9.47 Å². The van der Waals surface area contributed by atoms with E-state index in [1.54, 1.807) is 21.0 Å². The molecule has 0 amide bonds. The summed E-state index contributed by atoms with van der Waals surface area (Å²) in [7, 11) is 1.59. The topological polar surface area (TPSA) is 59.3 Å². The van der Waals surface area contributed by atoms with Crippen molar-refractivity contribution in [1.82, 2.24) is 0 Å². The number of ether oxygens (including phenoxy) is 2. The largest absolute Gasteiger partial charge is 0.497 e. The molecule has 1 aromatic rings. The molecule has 2 unspecified atom stereocenters. The van der Waals surface area contributed by atoms with Crippen LogP contribution in [0.2, 0.25) is 0 Å². The lowest BCUT2D eigenvalue weighted by atomic mass is 9.73. The molecule has 0 aromatic heterocycles. The minimum absolute atomic E-state index is 0.235. The lowest BCUT2D eigenvalue weighted by Crippen LogP contribution is -2.34. The molecule has 0 N–H and O–H groups in total. The maximum atomic E-state index is 12.1. The van der Waals surface area contributed by atoms with Crippen molar-refractivity contribution in [3.63, 3.8) is 0 Å². The second-order valence-corrected chi connectivity index (χ2v) is 4.77. The van der Waals surface area contributed by atoms with Crippen molar-refractivity contribution in [2.45, 2.75) is 33.1 Å². The molecule has 0 saturated carbocycles. The Kier molecular flexibility index (Phi) is 5.57. The van der Waals surface area contributed by atoms with Gasteiger partial charge in [0.25, 0.3) is 0 Å². The second-order valence-electron chi connectivity index (χ2n) is 4.77. The first-order valence-electron chi connectivity index (χ1n) is 6.75. The molecule has 0 radical (unpaired) electrons. The van der Waals surface area contributed by atoms with Gasteiger partial charge in [-0.25, -0.2) is 0 Å². The van der Waals surface area contributed by atoms with E-state index in [-0.39, 0.29) is 12.5 Å². The Bertz CT molecular complexity index is 507. The summed E-state index contributed by atoms with van der Waals surface area (Å²) in [6.45, 7) is 5.60. The molecule has 0 bridgehead atoms. The Morgan fingerprint density at radius 1 is 1.45 bits per heavy atom. The van der Waals surface area contributed by atoms with Gasteiger partial charge in [-0.1, -0.05) is 19.1 Å². The van der Waals surface area contributed by atoms with Crippen LogP contribution in [0.5, 0.6) is 5.75 Å². The molecule has 0 fully saturated rings. The van der Waals surface area contributed by atoms with Crippen LogP contribution in [-0.4, -0.2) is 19.7 Å². The third kappa shape index (κ3) is 3.11. The van der Waals surface area contributed by atoms with Crippen LogP contribution < -0.4 is 4.74 Å². The van der Waals surface area contributed by atoms with Crippen LogP contribution >= 0.6 is 0 Å². The minimum atomic E-state index is -1.20. The molecule has 0 aliphatic rings. The molecular formula is C16H21NO3. The first-order valence-corrected chi connectivity index (χ1v) is 6.75. The summed E-state index contributed by atoms with van der Waals surface area (Å²) in [5, 5.41) is 9.49. The lowest BCUT2D eigenvalue weighted by Gasteiger charge is -2.29. The predicted octanol–water partition coefficient (Wildman–Crippen LogP) is 3.28. The summed E-state index contributed by atoms with van der Waals surface area (Å²) in [4.78, 5) is 12.1. The molecule has 0 aliphatic heterocycles. The Labute approximate surface area is 120 Å². The van der Waals surface area contributed by atoms with Gasteiger partial charge in [0.1, 0.15) is 5.75 Å². The number of carbonyl (C=O) groups excluding carboxylic acids is 1. The molecule has 2 atom stereocenters. The fraction of sp³-hybridized carbons (Fsp3) is 0.500. The zero-order valence-corrected chi connectivity index (χ0v) is 12.5. The lowest BCUT2D eigenvalue weighted by molar-refractivity contribution is -0.152. The van der Waals surface area contributed by atoms with Crippen molar-refractivity contribution in [1.29, 1.82) is 5.26 Å². The van der Waals surface area contributed by atoms with E-state index in [1.165, 1.54) is 0 Å². The normalized spacial score (nSPS) is 14.8. The zero-order chi connectivity index (χ0) is 15.2. The fourth-order valence-electron chi connectivity index (χ4n) is 2.38. The van der Waals surface area contributed by atoms with E-state index in [9.17, 15) is 10.1 Å². The standard InChI is InChI=1S/C16H21NO3/c1-5-14(12-8-7-9-13(10-12)19-4)16(3,11-17)15(18)20-6-2/h7-10,14H,5-6H2,1-4H3. The molecule has 1 rings (SSSR count). The number of esters is 1. The summed E-state index contributed by atoms with van der Waals surface area (Å²) < 4.78 is 10.3. The van der Waals surface area contributed by atoms with Gasteiger partial charge >= 0.3 is 5.97 Å². The number of methoxy groups -OCH3 is 1. The van der Waals surface area contributed by atoms with Crippen LogP contribution in [-0.2, 0) is 9.53 Å². The number of hydrogen-bond donors (Lipinski definition) is 0. The molecule has 4 heteroatoms. The van der Waals surface area contributed by atoms with Crippen molar-refractivity contribution in [3.8, 4) is 11.8 Å². The molecule has 1 aromatic carbocycles. The van der Waals surface area contributed by atoms with E-state index in [0.717, 1.165) is 5.56 Å². The monoisotopic (exact) mass is 275 g/mol. The summed E-state index contributed by atoms with van der Waals surface area (Å²) >= 11 is 0. The number of nitriles is 1. The highest BCUT2D eigenvalue weighted by Gasteiger charge is 2.43. The first-order chi connectivity index (χ1) is 9.53. The third-order valence-electron chi connectivity index (χ3n) is 3.53. The second kappa shape index (κ2) is 6.95.